The predicted octanol–water partition coefficient (Wildman–Crippen LogP) is 3.51. The van der Waals surface area contributed by atoms with E-state index in [9.17, 15) is 4.39 Å². The molecule has 1 heterocycles. The van der Waals surface area contributed by atoms with E-state index >= 15 is 0 Å². The maximum absolute atomic E-state index is 13.1. The van der Waals surface area contributed by atoms with Crippen molar-refractivity contribution in [3.8, 4) is 5.06 Å². The van der Waals surface area contributed by atoms with Crippen molar-refractivity contribution in [2.75, 3.05) is 0 Å². The average molecular weight is 247 g/mol. The van der Waals surface area contributed by atoms with Crippen LogP contribution >= 0.6 is 27.3 Å². The number of hydrogen-bond donors (Lipinski definition) is 1. The number of halogens is 2. The molecule has 0 atom stereocenters. The van der Waals surface area contributed by atoms with Crippen molar-refractivity contribution >= 4 is 37.4 Å². The largest absolute Gasteiger partial charge is 0.499 e. The van der Waals surface area contributed by atoms with Gasteiger partial charge in [-0.05, 0) is 12.1 Å². The van der Waals surface area contributed by atoms with Crippen LogP contribution in [0.2, 0.25) is 0 Å². The molecule has 2 rings (SSSR count). The Labute approximate surface area is 80.6 Å². The third-order valence-electron chi connectivity index (χ3n) is 1.57. The monoisotopic (exact) mass is 246 g/mol. The summed E-state index contributed by atoms with van der Waals surface area (Å²) in [7, 11) is 0. The Morgan fingerprint density at radius 3 is 2.83 bits per heavy atom. The van der Waals surface area contributed by atoms with Crippen molar-refractivity contribution in [3.63, 3.8) is 0 Å². The van der Waals surface area contributed by atoms with Gasteiger partial charge in [-0.15, -0.1) is 0 Å². The first-order valence-corrected chi connectivity index (χ1v) is 4.86. The first kappa shape index (κ1) is 8.01. The van der Waals surface area contributed by atoms with Gasteiger partial charge in [0.05, 0.1) is 4.70 Å². The fourth-order valence-corrected chi connectivity index (χ4v) is 2.45. The summed E-state index contributed by atoms with van der Waals surface area (Å²) < 4.78 is 14.3. The fourth-order valence-electron chi connectivity index (χ4n) is 1.04. The molecule has 0 spiro atoms. The lowest BCUT2D eigenvalue weighted by atomic mass is 10.2. The summed E-state index contributed by atoms with van der Waals surface area (Å²) in [5.74, 6) is -0.293. The second-order valence-electron chi connectivity index (χ2n) is 2.36. The molecule has 62 valence electrons. The first-order chi connectivity index (χ1) is 5.68. The van der Waals surface area contributed by atoms with Crippen LogP contribution in [0.25, 0.3) is 10.1 Å². The van der Waals surface area contributed by atoms with Crippen LogP contribution in [0.3, 0.4) is 0 Å². The number of rotatable bonds is 0. The molecule has 0 unspecified atom stereocenters. The van der Waals surface area contributed by atoms with Crippen molar-refractivity contribution < 1.29 is 9.50 Å². The second kappa shape index (κ2) is 2.71. The number of thiophene rings is 1. The molecule has 1 N–H and O–H groups in total. The minimum Gasteiger partial charge on any atom is -0.499 e. The molecule has 1 aromatic heterocycles. The van der Waals surface area contributed by atoms with E-state index in [1.165, 1.54) is 6.07 Å². The Hall–Kier alpha value is -0.610. The molecule has 4 heteroatoms. The lowest BCUT2D eigenvalue weighted by Crippen LogP contribution is -1.72. The van der Waals surface area contributed by atoms with Crippen LogP contribution in [-0.4, -0.2) is 5.11 Å². The molecule has 0 aliphatic rings. The molecule has 0 saturated carbocycles. The Morgan fingerprint density at radius 2 is 2.17 bits per heavy atom. The normalized spacial score (nSPS) is 10.8. The summed E-state index contributed by atoms with van der Waals surface area (Å²) in [4.78, 5) is 0. The van der Waals surface area contributed by atoms with Crippen molar-refractivity contribution in [2.45, 2.75) is 0 Å². The Kier molecular flexibility index (Phi) is 1.81. The topological polar surface area (TPSA) is 20.2 Å². The summed E-state index contributed by atoms with van der Waals surface area (Å²) in [5, 5.41) is 9.99. The zero-order valence-corrected chi connectivity index (χ0v) is 8.25. The molecule has 0 fully saturated rings. The molecule has 0 radical (unpaired) electrons. The summed E-state index contributed by atoms with van der Waals surface area (Å²) >= 11 is 4.32. The smallest absolute Gasteiger partial charge is 0.172 e. The van der Waals surface area contributed by atoms with Gasteiger partial charge in [0.25, 0.3) is 0 Å². The average Bonchev–Trinajstić information content (AvgIpc) is 2.41. The molecule has 0 saturated heterocycles. The molecule has 0 aliphatic carbocycles. The highest BCUT2D eigenvalue weighted by Gasteiger charge is 2.07. The third-order valence-corrected chi connectivity index (χ3v) is 3.21. The van der Waals surface area contributed by atoms with E-state index in [4.69, 9.17) is 5.11 Å². The molecular formula is C8H4BrFOS. The molecule has 0 amide bonds. The highest BCUT2D eigenvalue weighted by atomic mass is 79.9. The van der Waals surface area contributed by atoms with Crippen molar-refractivity contribution in [1.82, 2.24) is 0 Å². The quantitative estimate of drug-likeness (QED) is 0.755. The van der Waals surface area contributed by atoms with E-state index in [-0.39, 0.29) is 10.9 Å². The summed E-state index contributed by atoms with van der Waals surface area (Å²) in [6.07, 6.45) is 0. The van der Waals surface area contributed by atoms with E-state index in [2.05, 4.69) is 15.9 Å². The highest BCUT2D eigenvalue weighted by molar-refractivity contribution is 9.10. The fraction of sp³-hybridized carbons (Fsp3) is 0. The molecule has 0 aliphatic heterocycles. The van der Waals surface area contributed by atoms with Crippen LogP contribution in [0.15, 0.2) is 22.7 Å². The summed E-state index contributed by atoms with van der Waals surface area (Å²) in [5.41, 5.74) is 0. The molecule has 1 nitrogen and oxygen atoms in total. The molecular weight excluding hydrogens is 243 g/mol. The number of hydrogen-bond acceptors (Lipinski definition) is 2. The summed E-state index contributed by atoms with van der Waals surface area (Å²) in [6.45, 7) is 0. The van der Waals surface area contributed by atoms with Gasteiger partial charge < -0.3 is 5.11 Å². The predicted molar refractivity (Wildman–Crippen MR) is 51.1 cm³/mol. The Bertz CT molecular complexity index is 399. The maximum atomic E-state index is 13.1. The number of fused-ring (bicyclic) bond motifs is 1. The van der Waals surface area contributed by atoms with E-state index in [0.717, 1.165) is 21.2 Å². The van der Waals surface area contributed by atoms with Crippen molar-refractivity contribution in [2.24, 2.45) is 0 Å². The lowest BCUT2D eigenvalue weighted by Gasteiger charge is -1.93. The van der Waals surface area contributed by atoms with Crippen LogP contribution in [0.5, 0.6) is 5.06 Å². The van der Waals surface area contributed by atoms with Gasteiger partial charge in [-0.25, -0.2) is 4.39 Å². The van der Waals surface area contributed by atoms with Crippen LogP contribution < -0.4 is 0 Å². The summed E-state index contributed by atoms with van der Waals surface area (Å²) in [6, 6.07) is 4.55. The van der Waals surface area contributed by atoms with Crippen molar-refractivity contribution in [1.29, 1.82) is 0 Å². The van der Waals surface area contributed by atoms with Crippen LogP contribution in [-0.2, 0) is 0 Å². The molecule has 2 aromatic rings. The zero-order chi connectivity index (χ0) is 8.72. The van der Waals surface area contributed by atoms with Gasteiger partial charge in [-0.3, -0.25) is 0 Å². The lowest BCUT2D eigenvalue weighted by molar-refractivity contribution is 0.491. The van der Waals surface area contributed by atoms with Gasteiger partial charge in [0.1, 0.15) is 5.82 Å². The van der Waals surface area contributed by atoms with Gasteiger partial charge in [0.2, 0.25) is 0 Å². The highest BCUT2D eigenvalue weighted by Crippen LogP contribution is 2.36. The van der Waals surface area contributed by atoms with E-state index in [1.807, 2.05) is 0 Å². The van der Waals surface area contributed by atoms with Gasteiger partial charge in [-0.2, -0.15) is 0 Å². The van der Waals surface area contributed by atoms with Gasteiger partial charge in [-0.1, -0.05) is 27.3 Å². The van der Waals surface area contributed by atoms with Crippen LogP contribution in [0.4, 0.5) is 4.39 Å². The third kappa shape index (κ3) is 1.11. The Balaban J connectivity index is 2.93. The Morgan fingerprint density at radius 1 is 1.42 bits per heavy atom. The minimum atomic E-state index is -0.293. The second-order valence-corrected chi connectivity index (χ2v) is 4.24. The SMILES string of the molecule is Oc1cc2c(Br)ccc(F)c2s1. The van der Waals surface area contributed by atoms with Gasteiger partial charge >= 0.3 is 0 Å². The van der Waals surface area contributed by atoms with E-state index in [0.29, 0.717) is 4.70 Å². The minimum absolute atomic E-state index is 0.135. The van der Waals surface area contributed by atoms with Gasteiger partial charge in [0.15, 0.2) is 5.06 Å². The van der Waals surface area contributed by atoms with Crippen LogP contribution in [0.1, 0.15) is 0 Å². The van der Waals surface area contributed by atoms with E-state index in [1.54, 1.807) is 12.1 Å². The van der Waals surface area contributed by atoms with Crippen molar-refractivity contribution in [3.05, 3.63) is 28.5 Å². The molecule has 0 bridgehead atoms. The maximum Gasteiger partial charge on any atom is 0.172 e. The number of benzene rings is 1. The van der Waals surface area contributed by atoms with Crippen LogP contribution in [0, 0.1) is 5.82 Å². The molecule has 12 heavy (non-hydrogen) atoms. The molecule has 1 aromatic carbocycles. The van der Waals surface area contributed by atoms with E-state index < -0.39 is 0 Å². The standard InChI is InChI=1S/C8H4BrFOS/c9-5-1-2-6(10)8-4(5)3-7(11)12-8/h1-3,11H. The first-order valence-electron chi connectivity index (χ1n) is 3.25. The number of aromatic hydroxyl groups is 1. The van der Waals surface area contributed by atoms with Gasteiger partial charge in [0, 0.05) is 15.9 Å². The zero-order valence-electron chi connectivity index (χ0n) is 5.84.